The molecule has 0 fully saturated rings. The minimum atomic E-state index is -0.254. The molecule has 0 aromatic heterocycles. The first-order chi connectivity index (χ1) is 13.1. The number of anilines is 1. The van der Waals surface area contributed by atoms with E-state index in [-0.39, 0.29) is 18.3 Å². The zero-order valence-electron chi connectivity index (χ0n) is 15.2. The fourth-order valence-corrected chi connectivity index (χ4v) is 2.43. The lowest BCUT2D eigenvalue weighted by Crippen LogP contribution is -2.27. The number of para-hydroxylation sites is 1. The molecule has 0 unspecified atom stereocenters. The first kappa shape index (κ1) is 20.0. The highest BCUT2D eigenvalue weighted by Crippen LogP contribution is 2.17. The van der Waals surface area contributed by atoms with Crippen LogP contribution in [0.1, 0.15) is 12.0 Å². The molecule has 1 amide bonds. The Labute approximate surface area is 158 Å². The molecular weight excluding hydrogens is 345 g/mol. The number of nitriles is 1. The molecule has 0 atom stereocenters. The van der Waals surface area contributed by atoms with Crippen molar-refractivity contribution >= 4 is 17.7 Å². The number of carbonyl (C=O) groups is 1. The van der Waals surface area contributed by atoms with Crippen LogP contribution in [0.25, 0.3) is 6.08 Å². The third-order valence-electron chi connectivity index (χ3n) is 3.84. The van der Waals surface area contributed by atoms with Crippen LogP contribution in [-0.2, 0) is 4.79 Å². The zero-order chi connectivity index (χ0) is 19.5. The summed E-state index contributed by atoms with van der Waals surface area (Å²) in [7, 11) is 1.82. The van der Waals surface area contributed by atoms with Gasteiger partial charge in [0.1, 0.15) is 17.6 Å². The molecular formula is C21H22FN3O2. The van der Waals surface area contributed by atoms with E-state index in [2.05, 4.69) is 5.32 Å². The molecule has 140 valence electrons. The van der Waals surface area contributed by atoms with Crippen molar-refractivity contribution in [3.8, 4) is 11.8 Å². The SMILES string of the molecule is CN(CCCNC(=O)C=Cc1ccc(OCC#N)cc1)c1ccccc1F. The molecule has 2 aromatic rings. The maximum absolute atomic E-state index is 13.7. The van der Waals surface area contributed by atoms with Gasteiger partial charge in [0.2, 0.25) is 5.91 Å². The Morgan fingerprint density at radius 3 is 2.70 bits per heavy atom. The highest BCUT2D eigenvalue weighted by Gasteiger charge is 2.06. The Hall–Kier alpha value is -3.33. The van der Waals surface area contributed by atoms with Gasteiger partial charge in [0.05, 0.1) is 5.69 Å². The van der Waals surface area contributed by atoms with Gasteiger partial charge in [-0.05, 0) is 42.3 Å². The van der Waals surface area contributed by atoms with E-state index in [0.717, 1.165) is 5.56 Å². The Balaban J connectivity index is 1.70. The minimum Gasteiger partial charge on any atom is -0.479 e. The first-order valence-corrected chi connectivity index (χ1v) is 8.61. The number of rotatable bonds is 9. The molecule has 0 bridgehead atoms. The summed E-state index contributed by atoms with van der Waals surface area (Å²) in [6.07, 6.45) is 3.87. The summed E-state index contributed by atoms with van der Waals surface area (Å²) >= 11 is 0. The Morgan fingerprint density at radius 1 is 1.26 bits per heavy atom. The van der Waals surface area contributed by atoms with Crippen molar-refractivity contribution in [2.75, 3.05) is 31.6 Å². The van der Waals surface area contributed by atoms with Crippen LogP contribution in [0, 0.1) is 17.1 Å². The number of carbonyl (C=O) groups excluding carboxylic acids is 1. The van der Waals surface area contributed by atoms with Crippen LogP contribution in [0.4, 0.5) is 10.1 Å². The van der Waals surface area contributed by atoms with Gasteiger partial charge < -0.3 is 15.0 Å². The van der Waals surface area contributed by atoms with Crippen molar-refractivity contribution in [2.24, 2.45) is 0 Å². The van der Waals surface area contributed by atoms with Gasteiger partial charge in [-0.1, -0.05) is 24.3 Å². The number of nitrogens with one attached hydrogen (secondary N) is 1. The second-order valence-corrected chi connectivity index (χ2v) is 5.87. The van der Waals surface area contributed by atoms with E-state index >= 15 is 0 Å². The molecule has 0 spiro atoms. The fourth-order valence-electron chi connectivity index (χ4n) is 2.43. The van der Waals surface area contributed by atoms with E-state index < -0.39 is 0 Å². The van der Waals surface area contributed by atoms with Crippen LogP contribution in [0.15, 0.2) is 54.6 Å². The van der Waals surface area contributed by atoms with E-state index in [1.807, 2.05) is 18.0 Å². The van der Waals surface area contributed by atoms with Crippen LogP contribution in [0.3, 0.4) is 0 Å². The highest BCUT2D eigenvalue weighted by molar-refractivity contribution is 5.91. The quantitative estimate of drug-likeness (QED) is 0.545. The topological polar surface area (TPSA) is 65.4 Å². The normalized spacial score (nSPS) is 10.4. The maximum atomic E-state index is 13.7. The largest absolute Gasteiger partial charge is 0.479 e. The monoisotopic (exact) mass is 367 g/mol. The predicted molar refractivity (Wildman–Crippen MR) is 104 cm³/mol. The van der Waals surface area contributed by atoms with E-state index in [9.17, 15) is 9.18 Å². The second-order valence-electron chi connectivity index (χ2n) is 5.87. The van der Waals surface area contributed by atoms with Crippen LogP contribution in [-0.4, -0.2) is 32.7 Å². The van der Waals surface area contributed by atoms with Crippen LogP contribution in [0.2, 0.25) is 0 Å². The number of nitrogens with zero attached hydrogens (tertiary/aromatic N) is 2. The summed E-state index contributed by atoms with van der Waals surface area (Å²) in [6.45, 7) is 1.14. The third kappa shape index (κ3) is 6.83. The fraction of sp³-hybridized carbons (Fsp3) is 0.238. The Kier molecular flexibility index (Phi) is 7.86. The average molecular weight is 367 g/mol. The number of hydrogen-bond acceptors (Lipinski definition) is 4. The molecule has 0 aliphatic heterocycles. The van der Waals surface area contributed by atoms with Gasteiger partial charge in [0.25, 0.3) is 0 Å². The van der Waals surface area contributed by atoms with Gasteiger partial charge in [-0.15, -0.1) is 0 Å². The highest BCUT2D eigenvalue weighted by atomic mass is 19.1. The summed E-state index contributed by atoms with van der Waals surface area (Å²) in [5.74, 6) is 0.168. The van der Waals surface area contributed by atoms with Gasteiger partial charge in [-0.25, -0.2) is 4.39 Å². The van der Waals surface area contributed by atoms with Crippen molar-refractivity contribution in [2.45, 2.75) is 6.42 Å². The molecule has 6 heteroatoms. The molecule has 27 heavy (non-hydrogen) atoms. The van der Waals surface area contributed by atoms with Crippen LogP contribution < -0.4 is 15.0 Å². The maximum Gasteiger partial charge on any atom is 0.244 e. The van der Waals surface area contributed by atoms with Crippen LogP contribution in [0.5, 0.6) is 5.75 Å². The standard InChI is InChI=1S/C21H22FN3O2/c1-25(20-6-3-2-5-19(20)22)15-4-14-24-21(26)12-9-17-7-10-18(11-8-17)27-16-13-23/h2-3,5-12H,4,14-16H2,1H3,(H,24,26). The predicted octanol–water partition coefficient (Wildman–Crippen LogP) is 3.38. The summed E-state index contributed by atoms with van der Waals surface area (Å²) in [5.41, 5.74) is 1.40. The van der Waals surface area contributed by atoms with Gasteiger partial charge in [-0.3, -0.25) is 4.79 Å². The molecule has 0 saturated heterocycles. The number of halogens is 1. The lowest BCUT2D eigenvalue weighted by molar-refractivity contribution is -0.116. The second kappa shape index (κ2) is 10.6. The molecule has 0 saturated carbocycles. The molecule has 0 radical (unpaired) electrons. The van der Waals surface area contributed by atoms with Gasteiger partial charge in [0.15, 0.2) is 6.61 Å². The van der Waals surface area contributed by atoms with E-state index in [4.69, 9.17) is 10.00 Å². The number of benzene rings is 2. The van der Waals surface area contributed by atoms with Gasteiger partial charge >= 0.3 is 0 Å². The van der Waals surface area contributed by atoms with E-state index in [1.54, 1.807) is 48.5 Å². The molecule has 0 heterocycles. The third-order valence-corrected chi connectivity index (χ3v) is 3.84. The Bertz CT molecular complexity index is 813. The minimum absolute atomic E-state index is 0.00366. The Morgan fingerprint density at radius 2 is 2.00 bits per heavy atom. The molecule has 2 rings (SSSR count). The summed E-state index contributed by atoms with van der Waals surface area (Å²) in [6, 6.07) is 15.6. The summed E-state index contributed by atoms with van der Waals surface area (Å²) < 4.78 is 18.9. The first-order valence-electron chi connectivity index (χ1n) is 8.61. The van der Waals surface area contributed by atoms with Gasteiger partial charge in [0, 0.05) is 26.2 Å². The molecule has 5 nitrogen and oxygen atoms in total. The number of hydrogen-bond donors (Lipinski definition) is 1. The number of ether oxygens (including phenoxy) is 1. The lowest BCUT2D eigenvalue weighted by atomic mass is 10.2. The molecule has 0 aliphatic carbocycles. The molecule has 1 N–H and O–H groups in total. The lowest BCUT2D eigenvalue weighted by Gasteiger charge is -2.19. The van der Waals surface area contributed by atoms with Crippen molar-refractivity contribution in [3.05, 3.63) is 66.0 Å². The average Bonchev–Trinajstić information content (AvgIpc) is 2.69. The van der Waals surface area contributed by atoms with Crippen molar-refractivity contribution in [1.82, 2.24) is 5.32 Å². The van der Waals surface area contributed by atoms with Gasteiger partial charge in [-0.2, -0.15) is 5.26 Å². The van der Waals surface area contributed by atoms with E-state index in [1.165, 1.54) is 12.1 Å². The molecule has 0 aliphatic rings. The summed E-state index contributed by atoms with van der Waals surface area (Å²) in [4.78, 5) is 13.7. The van der Waals surface area contributed by atoms with Crippen molar-refractivity contribution in [1.29, 1.82) is 5.26 Å². The van der Waals surface area contributed by atoms with Crippen molar-refractivity contribution in [3.63, 3.8) is 0 Å². The van der Waals surface area contributed by atoms with E-state index in [0.29, 0.717) is 30.9 Å². The summed E-state index contributed by atoms with van der Waals surface area (Å²) in [5, 5.41) is 11.3. The smallest absolute Gasteiger partial charge is 0.244 e. The number of amides is 1. The zero-order valence-corrected chi connectivity index (χ0v) is 15.2. The van der Waals surface area contributed by atoms with Crippen molar-refractivity contribution < 1.29 is 13.9 Å². The van der Waals surface area contributed by atoms with Crippen LogP contribution >= 0.6 is 0 Å². The molecule has 2 aromatic carbocycles.